The fourth-order valence-corrected chi connectivity index (χ4v) is 3.73. The van der Waals surface area contributed by atoms with E-state index in [2.05, 4.69) is 19.2 Å². The lowest BCUT2D eigenvalue weighted by molar-refractivity contribution is 0.0797. The van der Waals surface area contributed by atoms with Gasteiger partial charge in [0.2, 0.25) is 0 Å². The standard InChI is InChI=1S/C16H31NO/c1-3-9-17-16(12-15-8-5-10-18-15)14-7-4-6-13(2)11-14/h13-17H,3-12H2,1-2H3. The second-order valence-corrected chi connectivity index (χ2v) is 6.46. The van der Waals surface area contributed by atoms with Gasteiger partial charge in [0.25, 0.3) is 0 Å². The molecule has 2 fully saturated rings. The molecule has 1 N–H and O–H groups in total. The third-order valence-electron chi connectivity index (χ3n) is 4.74. The summed E-state index contributed by atoms with van der Waals surface area (Å²) in [5, 5.41) is 3.81. The molecule has 2 aliphatic rings. The molecule has 0 aromatic heterocycles. The zero-order valence-corrected chi connectivity index (χ0v) is 12.3. The molecule has 1 saturated carbocycles. The Morgan fingerprint density at radius 2 is 2.11 bits per heavy atom. The molecule has 0 amide bonds. The third kappa shape index (κ3) is 4.24. The summed E-state index contributed by atoms with van der Waals surface area (Å²) in [5.74, 6) is 1.82. The molecule has 106 valence electrons. The number of ether oxygens (including phenoxy) is 1. The molecule has 2 rings (SSSR count). The van der Waals surface area contributed by atoms with Gasteiger partial charge in [-0.05, 0) is 56.9 Å². The van der Waals surface area contributed by atoms with E-state index in [1.165, 1.54) is 57.9 Å². The van der Waals surface area contributed by atoms with Gasteiger partial charge in [-0.25, -0.2) is 0 Å². The van der Waals surface area contributed by atoms with Crippen molar-refractivity contribution in [3.05, 3.63) is 0 Å². The number of hydrogen-bond donors (Lipinski definition) is 1. The predicted molar refractivity (Wildman–Crippen MR) is 76.8 cm³/mol. The summed E-state index contributed by atoms with van der Waals surface area (Å²) in [6.07, 6.45) is 11.3. The Kier molecular flexibility index (Phi) is 5.97. The van der Waals surface area contributed by atoms with Crippen molar-refractivity contribution in [3.8, 4) is 0 Å². The fraction of sp³-hybridized carbons (Fsp3) is 1.00. The first kappa shape index (κ1) is 14.3. The normalized spacial score (nSPS) is 34.7. The average molecular weight is 253 g/mol. The first-order chi connectivity index (χ1) is 8.79. The Morgan fingerprint density at radius 3 is 2.78 bits per heavy atom. The summed E-state index contributed by atoms with van der Waals surface area (Å²) in [6, 6.07) is 0.704. The van der Waals surface area contributed by atoms with E-state index < -0.39 is 0 Å². The van der Waals surface area contributed by atoms with E-state index in [1.807, 2.05) is 0 Å². The fourth-order valence-electron chi connectivity index (χ4n) is 3.73. The number of rotatable bonds is 6. The van der Waals surface area contributed by atoms with E-state index in [0.29, 0.717) is 12.1 Å². The molecule has 18 heavy (non-hydrogen) atoms. The minimum absolute atomic E-state index is 0.539. The Bertz CT molecular complexity index is 225. The molecular formula is C16H31NO. The van der Waals surface area contributed by atoms with Crippen LogP contribution < -0.4 is 5.32 Å². The van der Waals surface area contributed by atoms with Crippen LogP contribution in [0, 0.1) is 11.8 Å². The van der Waals surface area contributed by atoms with Crippen molar-refractivity contribution in [1.82, 2.24) is 5.32 Å². The van der Waals surface area contributed by atoms with Crippen molar-refractivity contribution in [1.29, 1.82) is 0 Å². The van der Waals surface area contributed by atoms with Crippen LogP contribution in [0.4, 0.5) is 0 Å². The van der Waals surface area contributed by atoms with Crippen LogP contribution in [0.25, 0.3) is 0 Å². The minimum Gasteiger partial charge on any atom is -0.378 e. The van der Waals surface area contributed by atoms with E-state index in [4.69, 9.17) is 4.74 Å². The lowest BCUT2D eigenvalue weighted by Gasteiger charge is -2.35. The van der Waals surface area contributed by atoms with E-state index in [9.17, 15) is 0 Å². The highest BCUT2D eigenvalue weighted by atomic mass is 16.5. The molecular weight excluding hydrogens is 222 g/mol. The SMILES string of the molecule is CCCNC(CC1CCCO1)C1CCCC(C)C1. The zero-order valence-electron chi connectivity index (χ0n) is 12.3. The molecule has 0 aromatic carbocycles. The number of hydrogen-bond acceptors (Lipinski definition) is 2. The first-order valence-corrected chi connectivity index (χ1v) is 8.14. The minimum atomic E-state index is 0.539. The summed E-state index contributed by atoms with van der Waals surface area (Å²) < 4.78 is 5.84. The van der Waals surface area contributed by atoms with Gasteiger partial charge in [-0.15, -0.1) is 0 Å². The van der Waals surface area contributed by atoms with Crippen LogP contribution in [0.15, 0.2) is 0 Å². The molecule has 1 saturated heterocycles. The van der Waals surface area contributed by atoms with Crippen LogP contribution in [0.5, 0.6) is 0 Å². The largest absolute Gasteiger partial charge is 0.378 e. The van der Waals surface area contributed by atoms with Crippen molar-refractivity contribution in [2.75, 3.05) is 13.2 Å². The molecule has 1 aliphatic carbocycles. The van der Waals surface area contributed by atoms with Crippen molar-refractivity contribution < 1.29 is 4.74 Å². The molecule has 0 aromatic rings. The highest BCUT2D eigenvalue weighted by molar-refractivity contribution is 4.84. The second kappa shape index (κ2) is 7.49. The molecule has 0 radical (unpaired) electrons. The summed E-state index contributed by atoms with van der Waals surface area (Å²) in [4.78, 5) is 0. The topological polar surface area (TPSA) is 21.3 Å². The summed E-state index contributed by atoms with van der Waals surface area (Å²) >= 11 is 0. The van der Waals surface area contributed by atoms with E-state index in [-0.39, 0.29) is 0 Å². The summed E-state index contributed by atoms with van der Waals surface area (Å²) in [6.45, 7) is 6.85. The highest BCUT2D eigenvalue weighted by Crippen LogP contribution is 2.33. The lowest BCUT2D eigenvalue weighted by Crippen LogP contribution is -2.41. The summed E-state index contributed by atoms with van der Waals surface area (Å²) in [5.41, 5.74) is 0. The van der Waals surface area contributed by atoms with Gasteiger partial charge in [0.1, 0.15) is 0 Å². The average Bonchev–Trinajstić information content (AvgIpc) is 2.87. The maximum atomic E-state index is 5.84. The Labute approximate surface area is 113 Å². The number of nitrogens with one attached hydrogen (secondary N) is 1. The van der Waals surface area contributed by atoms with E-state index in [0.717, 1.165) is 18.4 Å². The van der Waals surface area contributed by atoms with Crippen molar-refractivity contribution >= 4 is 0 Å². The molecule has 2 nitrogen and oxygen atoms in total. The predicted octanol–water partition coefficient (Wildman–Crippen LogP) is 3.75. The molecule has 4 atom stereocenters. The molecule has 4 unspecified atom stereocenters. The van der Waals surface area contributed by atoms with Crippen LogP contribution in [0.1, 0.15) is 65.2 Å². The molecule has 1 heterocycles. The third-order valence-corrected chi connectivity index (χ3v) is 4.74. The van der Waals surface area contributed by atoms with Crippen LogP contribution in [0.3, 0.4) is 0 Å². The van der Waals surface area contributed by atoms with Crippen molar-refractivity contribution in [3.63, 3.8) is 0 Å². The van der Waals surface area contributed by atoms with Crippen LogP contribution in [-0.4, -0.2) is 25.3 Å². The van der Waals surface area contributed by atoms with Crippen LogP contribution >= 0.6 is 0 Å². The lowest BCUT2D eigenvalue weighted by atomic mass is 9.77. The van der Waals surface area contributed by atoms with Gasteiger partial charge >= 0.3 is 0 Å². The highest BCUT2D eigenvalue weighted by Gasteiger charge is 2.29. The maximum absolute atomic E-state index is 5.84. The van der Waals surface area contributed by atoms with Crippen LogP contribution in [0.2, 0.25) is 0 Å². The van der Waals surface area contributed by atoms with Gasteiger partial charge < -0.3 is 10.1 Å². The molecule has 0 bridgehead atoms. The Balaban J connectivity index is 1.85. The Morgan fingerprint density at radius 1 is 1.22 bits per heavy atom. The quantitative estimate of drug-likeness (QED) is 0.778. The van der Waals surface area contributed by atoms with Gasteiger partial charge in [-0.2, -0.15) is 0 Å². The zero-order chi connectivity index (χ0) is 12.8. The van der Waals surface area contributed by atoms with E-state index in [1.54, 1.807) is 0 Å². The smallest absolute Gasteiger partial charge is 0.0590 e. The Hall–Kier alpha value is -0.0800. The molecule has 2 heteroatoms. The monoisotopic (exact) mass is 253 g/mol. The first-order valence-electron chi connectivity index (χ1n) is 8.14. The maximum Gasteiger partial charge on any atom is 0.0590 e. The van der Waals surface area contributed by atoms with Gasteiger partial charge in [-0.3, -0.25) is 0 Å². The van der Waals surface area contributed by atoms with Crippen molar-refractivity contribution in [2.45, 2.75) is 77.4 Å². The van der Waals surface area contributed by atoms with Crippen LogP contribution in [-0.2, 0) is 4.74 Å². The summed E-state index contributed by atoms with van der Waals surface area (Å²) in [7, 11) is 0. The van der Waals surface area contributed by atoms with Gasteiger partial charge in [0.05, 0.1) is 6.10 Å². The van der Waals surface area contributed by atoms with Gasteiger partial charge in [-0.1, -0.05) is 26.7 Å². The van der Waals surface area contributed by atoms with Gasteiger partial charge in [0, 0.05) is 12.6 Å². The van der Waals surface area contributed by atoms with Gasteiger partial charge in [0.15, 0.2) is 0 Å². The van der Waals surface area contributed by atoms with Crippen molar-refractivity contribution in [2.24, 2.45) is 11.8 Å². The molecule has 1 aliphatic heterocycles. The second-order valence-electron chi connectivity index (χ2n) is 6.46. The van der Waals surface area contributed by atoms with E-state index >= 15 is 0 Å². The molecule has 0 spiro atoms.